The first-order chi connectivity index (χ1) is 22.3. The summed E-state index contributed by atoms with van der Waals surface area (Å²) in [6.07, 6.45) is -3.43. The second kappa shape index (κ2) is 12.5. The van der Waals surface area contributed by atoms with Crippen molar-refractivity contribution in [3.8, 4) is 0 Å². The Morgan fingerprint density at radius 3 is 2.47 bits per heavy atom. The molecule has 1 aromatic carbocycles. The van der Waals surface area contributed by atoms with E-state index in [1.54, 1.807) is 11.0 Å². The Labute approximate surface area is 271 Å². The molecule has 3 amide bonds. The molecule has 3 saturated heterocycles. The predicted molar refractivity (Wildman–Crippen MR) is 169 cm³/mol. The average molecular weight is 658 g/mol. The van der Waals surface area contributed by atoms with Crippen LogP contribution in [0.2, 0.25) is 0 Å². The SMILES string of the molecule is C=CC(=O)N1CC(N2CCN(C(C)CN3C[C@H]4CC(=O)N(c5cc(C(F)(F)F)cc(C)n5)[C@@H]4C(=O)N(C)c4cccc(F)c43)CC2)C1. The summed E-state index contributed by atoms with van der Waals surface area (Å²) in [5.41, 5.74) is -0.305. The fraction of sp³-hybridized carbons (Fsp3) is 0.515. The van der Waals surface area contributed by atoms with E-state index in [-0.39, 0.29) is 42.1 Å². The minimum Gasteiger partial charge on any atom is -0.366 e. The number of rotatable bonds is 6. The molecule has 4 aliphatic heterocycles. The zero-order chi connectivity index (χ0) is 33.8. The van der Waals surface area contributed by atoms with Crippen molar-refractivity contribution in [2.75, 3.05) is 74.1 Å². The smallest absolute Gasteiger partial charge is 0.366 e. The van der Waals surface area contributed by atoms with Gasteiger partial charge < -0.3 is 14.7 Å². The van der Waals surface area contributed by atoms with Gasteiger partial charge in [0.25, 0.3) is 0 Å². The minimum atomic E-state index is -4.66. The molecule has 4 aliphatic rings. The Balaban J connectivity index is 1.24. The number of aromatic nitrogens is 1. The van der Waals surface area contributed by atoms with Crippen molar-refractivity contribution < 1.29 is 31.9 Å². The molecule has 14 heteroatoms. The van der Waals surface area contributed by atoms with Gasteiger partial charge in [0, 0.05) is 89.5 Å². The van der Waals surface area contributed by atoms with E-state index in [0.717, 1.165) is 43.2 Å². The average Bonchev–Trinajstić information content (AvgIpc) is 3.33. The molecule has 0 aliphatic carbocycles. The van der Waals surface area contributed by atoms with Gasteiger partial charge in [-0.15, -0.1) is 0 Å². The lowest BCUT2D eigenvalue weighted by molar-refractivity contribution is -0.137. The summed E-state index contributed by atoms with van der Waals surface area (Å²) >= 11 is 0. The van der Waals surface area contributed by atoms with E-state index in [9.17, 15) is 27.6 Å². The second-order valence-corrected chi connectivity index (χ2v) is 13.0. The highest BCUT2D eigenvalue weighted by molar-refractivity contribution is 6.10. The molecule has 0 spiro atoms. The third-order valence-corrected chi connectivity index (χ3v) is 9.95. The largest absolute Gasteiger partial charge is 0.416 e. The first kappa shape index (κ1) is 32.9. The topological polar surface area (TPSA) is 83.5 Å². The van der Waals surface area contributed by atoms with Crippen LogP contribution in [-0.4, -0.2) is 115 Å². The Hall–Kier alpha value is -4.04. The molecule has 3 fully saturated rings. The van der Waals surface area contributed by atoms with Gasteiger partial charge >= 0.3 is 6.18 Å². The van der Waals surface area contributed by atoms with E-state index in [2.05, 4.69) is 28.3 Å². The molecule has 6 rings (SSSR count). The molecule has 0 radical (unpaired) electrons. The van der Waals surface area contributed by atoms with Gasteiger partial charge in [-0.05, 0) is 44.2 Å². The number of para-hydroxylation sites is 1. The van der Waals surface area contributed by atoms with Crippen molar-refractivity contribution in [1.29, 1.82) is 0 Å². The van der Waals surface area contributed by atoms with Crippen molar-refractivity contribution in [1.82, 2.24) is 19.7 Å². The molecule has 3 atom stereocenters. The van der Waals surface area contributed by atoms with Crippen molar-refractivity contribution in [2.24, 2.45) is 5.92 Å². The van der Waals surface area contributed by atoms with Crippen LogP contribution < -0.4 is 14.7 Å². The number of benzene rings is 1. The van der Waals surface area contributed by atoms with Crippen molar-refractivity contribution in [3.63, 3.8) is 0 Å². The highest BCUT2D eigenvalue weighted by Gasteiger charge is 2.50. The number of hydrogen-bond acceptors (Lipinski definition) is 7. The number of piperazine rings is 1. The predicted octanol–water partition coefficient (Wildman–Crippen LogP) is 3.16. The second-order valence-electron chi connectivity index (χ2n) is 13.0. The third kappa shape index (κ3) is 6.20. The molecule has 47 heavy (non-hydrogen) atoms. The Bertz CT molecular complexity index is 1570. The highest BCUT2D eigenvalue weighted by Crippen LogP contribution is 2.41. The summed E-state index contributed by atoms with van der Waals surface area (Å²) in [5, 5.41) is 0. The number of carbonyl (C=O) groups is 3. The van der Waals surface area contributed by atoms with Crippen molar-refractivity contribution >= 4 is 34.9 Å². The quantitative estimate of drug-likeness (QED) is 0.349. The van der Waals surface area contributed by atoms with Crippen LogP contribution in [0.5, 0.6) is 0 Å². The number of fused-ring (bicyclic) bond motifs is 2. The van der Waals surface area contributed by atoms with Gasteiger partial charge in [0.1, 0.15) is 17.7 Å². The molecule has 1 unspecified atom stereocenters. The molecule has 2 aromatic rings. The monoisotopic (exact) mass is 657 g/mol. The number of aryl methyl sites for hydroxylation is 1. The first-order valence-electron chi connectivity index (χ1n) is 15.8. The number of pyridine rings is 1. The molecule has 252 valence electrons. The molecule has 10 nitrogen and oxygen atoms in total. The van der Waals surface area contributed by atoms with Gasteiger partial charge in [-0.25, -0.2) is 9.37 Å². The molecular weight excluding hydrogens is 618 g/mol. The van der Waals surface area contributed by atoms with Crippen LogP contribution in [0.1, 0.15) is 24.6 Å². The summed E-state index contributed by atoms with van der Waals surface area (Å²) in [6.45, 7) is 12.2. The van der Waals surface area contributed by atoms with Crippen molar-refractivity contribution in [2.45, 2.75) is 44.6 Å². The highest BCUT2D eigenvalue weighted by atomic mass is 19.4. The zero-order valence-electron chi connectivity index (χ0n) is 26.7. The van der Waals surface area contributed by atoms with Crippen LogP contribution in [0.15, 0.2) is 43.0 Å². The maximum atomic E-state index is 15.7. The van der Waals surface area contributed by atoms with E-state index in [4.69, 9.17) is 0 Å². The van der Waals surface area contributed by atoms with E-state index in [1.165, 1.54) is 37.1 Å². The molecule has 5 heterocycles. The number of likely N-dealkylation sites (N-methyl/N-ethyl adjacent to an activating group) is 1. The van der Waals surface area contributed by atoms with Gasteiger partial charge in [-0.1, -0.05) is 12.6 Å². The van der Waals surface area contributed by atoms with Crippen molar-refractivity contribution in [3.05, 3.63) is 60.1 Å². The number of hydrogen-bond donors (Lipinski definition) is 0. The van der Waals surface area contributed by atoms with Gasteiger partial charge in [-0.2, -0.15) is 13.2 Å². The van der Waals surface area contributed by atoms with Crippen LogP contribution in [0.4, 0.5) is 34.8 Å². The number of carbonyl (C=O) groups excluding carboxylic acids is 3. The van der Waals surface area contributed by atoms with E-state index in [0.29, 0.717) is 31.4 Å². The summed E-state index contributed by atoms with van der Waals surface area (Å²) in [7, 11) is 1.50. The molecular formula is C33H39F4N7O3. The van der Waals surface area contributed by atoms with Crippen LogP contribution in [0.25, 0.3) is 0 Å². The first-order valence-corrected chi connectivity index (χ1v) is 15.8. The van der Waals surface area contributed by atoms with Crippen LogP contribution >= 0.6 is 0 Å². The lowest BCUT2D eigenvalue weighted by Gasteiger charge is -2.49. The van der Waals surface area contributed by atoms with Crippen LogP contribution in [0, 0.1) is 18.7 Å². The lowest BCUT2D eigenvalue weighted by Crippen LogP contribution is -2.64. The van der Waals surface area contributed by atoms with E-state index >= 15 is 4.39 Å². The van der Waals surface area contributed by atoms with Crippen LogP contribution in [0.3, 0.4) is 0 Å². The van der Waals surface area contributed by atoms with Gasteiger partial charge in [0.2, 0.25) is 17.7 Å². The van der Waals surface area contributed by atoms with Gasteiger partial charge in [0.05, 0.1) is 16.9 Å². The molecule has 0 N–H and O–H groups in total. The summed E-state index contributed by atoms with van der Waals surface area (Å²) < 4.78 is 56.8. The summed E-state index contributed by atoms with van der Waals surface area (Å²) in [6, 6.07) is 5.38. The number of halogens is 4. The molecule has 0 saturated carbocycles. The van der Waals surface area contributed by atoms with E-state index < -0.39 is 41.3 Å². The maximum Gasteiger partial charge on any atom is 0.416 e. The van der Waals surface area contributed by atoms with E-state index in [1.807, 2.05) is 4.90 Å². The lowest BCUT2D eigenvalue weighted by atomic mass is 9.95. The van der Waals surface area contributed by atoms with Gasteiger partial charge in [-0.3, -0.25) is 29.1 Å². The Morgan fingerprint density at radius 1 is 1.11 bits per heavy atom. The summed E-state index contributed by atoms with van der Waals surface area (Å²) in [5.74, 6) is -2.43. The maximum absolute atomic E-state index is 15.7. The number of likely N-dealkylation sites (tertiary alicyclic amines) is 1. The third-order valence-electron chi connectivity index (χ3n) is 9.95. The Kier molecular flexibility index (Phi) is 8.77. The fourth-order valence-corrected chi connectivity index (χ4v) is 7.40. The fourth-order valence-electron chi connectivity index (χ4n) is 7.40. The zero-order valence-corrected chi connectivity index (χ0v) is 26.7. The standard InChI is InChI=1S/C33H39F4N7O3/c1-5-28(45)42-18-24(19-42)41-11-9-40(10-12-41)21(3)16-43-17-22-14-29(46)44(27-15-23(33(35,36)37)13-20(2)38-27)30(22)32(47)39(4)26-8-6-7-25(34)31(26)43/h5-8,13,15,21-22,24,30H,1,9-12,14,16-19H2,2-4H3/t21?,22-,30+/m1/s1. The summed E-state index contributed by atoms with van der Waals surface area (Å²) in [4.78, 5) is 54.4. The molecule has 1 aromatic heterocycles. The number of nitrogens with zero attached hydrogens (tertiary/aromatic N) is 7. The normalized spacial score (nSPS) is 23.6. The Morgan fingerprint density at radius 2 is 1.81 bits per heavy atom. The minimum absolute atomic E-state index is 0.0234. The van der Waals surface area contributed by atoms with Gasteiger partial charge in [0.15, 0.2) is 0 Å². The van der Waals surface area contributed by atoms with Crippen LogP contribution in [-0.2, 0) is 20.6 Å². The molecule has 0 bridgehead atoms. The number of anilines is 3. The number of alkyl halides is 3. The number of amides is 3.